The van der Waals surface area contributed by atoms with Crippen LogP contribution < -0.4 is 11.1 Å². The summed E-state index contributed by atoms with van der Waals surface area (Å²) in [5.41, 5.74) is 3.44. The summed E-state index contributed by atoms with van der Waals surface area (Å²) in [6.07, 6.45) is -0.742. The number of hydrogen-bond donors (Lipinski definition) is 6. The highest BCUT2D eigenvalue weighted by Gasteiger charge is 2.63. The summed E-state index contributed by atoms with van der Waals surface area (Å²) in [5, 5.41) is 47.2. The van der Waals surface area contributed by atoms with Gasteiger partial charge in [0.2, 0.25) is 5.78 Å². The Balaban J connectivity index is 1.58. The number of nitrogens with zero attached hydrogens (tertiary/aromatic N) is 1. The van der Waals surface area contributed by atoms with E-state index in [0.29, 0.717) is 22.4 Å². The molecule has 0 spiro atoms. The van der Waals surface area contributed by atoms with Crippen LogP contribution >= 0.6 is 0 Å². The van der Waals surface area contributed by atoms with Crippen molar-refractivity contribution in [3.05, 3.63) is 70.2 Å². The minimum atomic E-state index is -2.72. The Bertz CT molecular complexity index is 1620. The van der Waals surface area contributed by atoms with Crippen molar-refractivity contribution in [3.63, 3.8) is 0 Å². The molecule has 5 rings (SSSR count). The summed E-state index contributed by atoms with van der Waals surface area (Å²) in [6, 6.07) is 8.33. The lowest BCUT2D eigenvalue weighted by Gasteiger charge is -2.50. The number of likely N-dealkylation sites (N-methyl/N-ethyl adjacent to an activating group) is 1. The maximum absolute atomic E-state index is 13.9. The number of carbonyl (C=O) groups is 4. The van der Waals surface area contributed by atoms with Crippen molar-refractivity contribution < 1.29 is 48.7 Å². The summed E-state index contributed by atoms with van der Waals surface area (Å²) in [4.78, 5) is 52.7. The van der Waals surface area contributed by atoms with Crippen LogP contribution in [0.1, 0.15) is 22.3 Å². The molecule has 3 aliphatic carbocycles. The minimum Gasteiger partial charge on any atom is -0.510 e. The molecule has 0 bridgehead atoms. The predicted octanol–water partition coefficient (Wildman–Crippen LogP) is 2.31. The Morgan fingerprint density at radius 2 is 1.79 bits per heavy atom. The molecule has 0 fully saturated rings. The van der Waals surface area contributed by atoms with Crippen molar-refractivity contribution in [1.29, 1.82) is 0 Å². The molecule has 0 radical (unpaired) electrons. The number of halogens is 1. The van der Waals surface area contributed by atoms with E-state index in [1.807, 2.05) is 0 Å². The first-order chi connectivity index (χ1) is 20.3. The molecule has 2 aromatic rings. The molecular weight excluding hydrogens is 565 g/mol. The zero-order valence-electron chi connectivity index (χ0n) is 23.3. The number of ether oxygens (including phenoxy) is 1. The standard InChI is InChI=1S/C30H30FN3O9/c1-34(2)23-18-12-14-11-17-16(13-3-5-15(6-4-13)33-29(41)43-10-9-31)7-8-19(35)21(17)24(36)20(14)26(38)30(18,42)27(39)22(25(23)37)28(32)40/h3-8,14,18,23,35,37-38,42H,9-12H2,1-2H3,(H2,32,40)(H,33,41)/t14-,18-,23+,30-/m0/s1. The third-order valence-corrected chi connectivity index (χ3v) is 8.36. The number of benzene rings is 2. The lowest BCUT2D eigenvalue weighted by atomic mass is 9.58. The fraction of sp³-hybridized carbons (Fsp3) is 0.333. The Morgan fingerprint density at radius 1 is 1.12 bits per heavy atom. The van der Waals surface area contributed by atoms with Gasteiger partial charge >= 0.3 is 6.09 Å². The molecule has 2 amide bonds. The van der Waals surface area contributed by atoms with Crippen LogP contribution in [0.3, 0.4) is 0 Å². The number of Topliss-reactive ketones (excluding diaryl/α,β-unsaturated/α-hetero) is 2. The van der Waals surface area contributed by atoms with Crippen molar-refractivity contribution >= 4 is 29.3 Å². The molecule has 7 N–H and O–H groups in total. The number of anilines is 1. The monoisotopic (exact) mass is 595 g/mol. The van der Waals surface area contributed by atoms with Crippen LogP contribution in [-0.2, 0) is 20.7 Å². The summed E-state index contributed by atoms with van der Waals surface area (Å²) in [5.74, 6) is -7.20. The van der Waals surface area contributed by atoms with Crippen molar-refractivity contribution in [1.82, 2.24) is 4.90 Å². The molecule has 0 saturated carbocycles. The number of carbonyl (C=O) groups excluding carboxylic acids is 4. The third kappa shape index (κ3) is 4.61. The van der Waals surface area contributed by atoms with Gasteiger partial charge in [-0.2, -0.15) is 0 Å². The molecule has 0 saturated heterocycles. The summed E-state index contributed by atoms with van der Waals surface area (Å²) in [6.45, 7) is -1.19. The number of alkyl halides is 1. The molecule has 0 aliphatic heterocycles. The van der Waals surface area contributed by atoms with Crippen molar-refractivity contribution in [2.45, 2.75) is 24.5 Å². The third-order valence-electron chi connectivity index (χ3n) is 8.36. The van der Waals surface area contributed by atoms with Gasteiger partial charge in [0.15, 0.2) is 11.4 Å². The molecule has 43 heavy (non-hydrogen) atoms. The van der Waals surface area contributed by atoms with Gasteiger partial charge in [0.05, 0.1) is 11.6 Å². The highest BCUT2D eigenvalue weighted by Crippen LogP contribution is 2.53. The van der Waals surface area contributed by atoms with Crippen LogP contribution in [0, 0.1) is 11.8 Å². The normalized spacial score (nSPS) is 24.8. The quantitative estimate of drug-likeness (QED) is 0.269. The lowest BCUT2D eigenvalue weighted by molar-refractivity contribution is -0.148. The number of nitrogens with one attached hydrogen (secondary N) is 1. The van der Waals surface area contributed by atoms with E-state index in [1.165, 1.54) is 11.0 Å². The van der Waals surface area contributed by atoms with Gasteiger partial charge in [0.25, 0.3) is 5.91 Å². The molecule has 3 aliphatic rings. The van der Waals surface area contributed by atoms with Crippen LogP contribution in [-0.4, -0.2) is 87.9 Å². The fourth-order valence-corrected chi connectivity index (χ4v) is 6.54. The number of aliphatic hydroxyl groups is 3. The molecule has 0 unspecified atom stereocenters. The summed E-state index contributed by atoms with van der Waals surface area (Å²) in [7, 11) is 3.12. The zero-order chi connectivity index (χ0) is 31.4. The molecule has 13 heteroatoms. The lowest BCUT2D eigenvalue weighted by Crippen LogP contribution is -2.63. The van der Waals surface area contributed by atoms with Gasteiger partial charge in [-0.25, -0.2) is 9.18 Å². The van der Waals surface area contributed by atoms with Crippen LogP contribution in [0.4, 0.5) is 14.9 Å². The number of aromatic hydroxyl groups is 1. The minimum absolute atomic E-state index is 0.0370. The smallest absolute Gasteiger partial charge is 0.411 e. The Labute approximate surface area is 244 Å². The van der Waals surface area contributed by atoms with Gasteiger partial charge in [0.1, 0.15) is 36.1 Å². The van der Waals surface area contributed by atoms with Gasteiger partial charge in [-0.1, -0.05) is 18.2 Å². The molecule has 0 aromatic heterocycles. The summed E-state index contributed by atoms with van der Waals surface area (Å²) < 4.78 is 16.9. The Morgan fingerprint density at radius 3 is 2.40 bits per heavy atom. The first-order valence-electron chi connectivity index (χ1n) is 13.4. The fourth-order valence-electron chi connectivity index (χ4n) is 6.54. The highest BCUT2D eigenvalue weighted by atomic mass is 19.1. The maximum atomic E-state index is 13.9. The van der Waals surface area contributed by atoms with Crippen LogP contribution in [0.25, 0.3) is 11.1 Å². The number of phenols is 1. The van der Waals surface area contributed by atoms with Gasteiger partial charge < -0.3 is 30.9 Å². The molecule has 4 atom stereocenters. The molecule has 12 nitrogen and oxygen atoms in total. The second-order valence-corrected chi connectivity index (χ2v) is 11.0. The van der Waals surface area contributed by atoms with Crippen molar-refractivity contribution in [3.8, 4) is 16.9 Å². The second kappa shape index (κ2) is 10.8. The number of aliphatic hydroxyl groups excluding tert-OH is 2. The van der Waals surface area contributed by atoms with E-state index in [4.69, 9.17) is 5.73 Å². The number of nitrogens with two attached hydrogens (primary N) is 1. The molecule has 226 valence electrons. The first-order valence-corrected chi connectivity index (χ1v) is 13.4. The van der Waals surface area contributed by atoms with Gasteiger partial charge in [0, 0.05) is 17.2 Å². The number of allylic oxidation sites excluding steroid dienone is 1. The van der Waals surface area contributed by atoms with Crippen LogP contribution in [0.5, 0.6) is 5.75 Å². The number of amides is 2. The molecule has 0 heterocycles. The number of fused-ring (bicyclic) bond motifs is 3. The van der Waals surface area contributed by atoms with E-state index < -0.39 is 70.8 Å². The van der Waals surface area contributed by atoms with Crippen LogP contribution in [0.2, 0.25) is 0 Å². The van der Waals surface area contributed by atoms with E-state index >= 15 is 0 Å². The second-order valence-electron chi connectivity index (χ2n) is 11.0. The summed E-state index contributed by atoms with van der Waals surface area (Å²) >= 11 is 0. The van der Waals surface area contributed by atoms with Crippen LogP contribution in [0.15, 0.2) is 59.1 Å². The van der Waals surface area contributed by atoms with Crippen molar-refractivity contribution in [2.24, 2.45) is 17.6 Å². The number of ketones is 2. The van der Waals surface area contributed by atoms with Crippen molar-refractivity contribution in [2.75, 3.05) is 32.7 Å². The number of hydrogen-bond acceptors (Lipinski definition) is 10. The SMILES string of the molecule is CN(C)[C@H]1C(O)=C(C(N)=O)C(=O)[C@@]2(O)C(O)=C3C(=O)c4c(O)ccc(-c5ccc(NC(=O)OCCF)cc5)c4C[C@H]3C[C@@H]12. The number of rotatable bonds is 6. The number of phenolic OH excluding ortho intramolecular Hbond substituents is 1. The maximum Gasteiger partial charge on any atom is 0.411 e. The Kier molecular flexibility index (Phi) is 7.48. The topological polar surface area (TPSA) is 200 Å². The van der Waals surface area contributed by atoms with Gasteiger partial charge in [-0.3, -0.25) is 24.6 Å². The predicted molar refractivity (Wildman–Crippen MR) is 150 cm³/mol. The average molecular weight is 596 g/mol. The number of primary amides is 1. The average Bonchev–Trinajstić information content (AvgIpc) is 2.94. The molecule has 2 aromatic carbocycles. The highest BCUT2D eigenvalue weighted by molar-refractivity contribution is 6.25. The largest absolute Gasteiger partial charge is 0.510 e. The Hall–Kier alpha value is -4.75. The first kappa shape index (κ1) is 29.7. The van der Waals surface area contributed by atoms with E-state index in [0.717, 1.165) is 0 Å². The van der Waals surface area contributed by atoms with Gasteiger partial charge in [-0.05, 0) is 67.7 Å². The van der Waals surface area contributed by atoms with E-state index in [-0.39, 0.29) is 36.3 Å². The van der Waals surface area contributed by atoms with Gasteiger partial charge in [-0.15, -0.1) is 0 Å². The van der Waals surface area contributed by atoms with E-state index in [1.54, 1.807) is 44.4 Å². The van der Waals surface area contributed by atoms with E-state index in [9.17, 15) is 44.0 Å². The zero-order valence-corrected chi connectivity index (χ0v) is 23.3. The van der Waals surface area contributed by atoms with E-state index in [2.05, 4.69) is 10.1 Å². The molecular formula is C30H30FN3O9.